The quantitative estimate of drug-likeness (QED) is 0.161. The highest BCUT2D eigenvalue weighted by atomic mass is 19.1. The summed E-state index contributed by atoms with van der Waals surface area (Å²) in [5.74, 6) is -0.250. The lowest BCUT2D eigenvalue weighted by Crippen LogP contribution is -2.10. The number of aryl methyl sites for hydroxylation is 1. The summed E-state index contributed by atoms with van der Waals surface area (Å²) < 4.78 is 23.2. The number of rotatable bonds is 7. The number of nitrogens with zero attached hydrogens (tertiary/aromatic N) is 2. The van der Waals surface area contributed by atoms with Crippen molar-refractivity contribution in [2.45, 2.75) is 6.92 Å². The Balaban J connectivity index is 0.993. The van der Waals surface area contributed by atoms with Crippen LogP contribution in [0.1, 0.15) is 5.56 Å². The molecule has 0 amide bonds. The summed E-state index contributed by atoms with van der Waals surface area (Å²) in [5, 5.41) is 4.37. The first-order chi connectivity index (χ1) is 29.1. The fourth-order valence-electron chi connectivity index (χ4n) is 8.71. The Labute approximate surface area is 341 Å². The van der Waals surface area contributed by atoms with Gasteiger partial charge < -0.3 is 13.9 Å². The smallest absolute Gasteiger partial charge is 0.143 e. The molecule has 0 bridgehead atoms. The van der Waals surface area contributed by atoms with Crippen LogP contribution in [-0.4, -0.2) is 4.57 Å². The van der Waals surface area contributed by atoms with Crippen molar-refractivity contribution < 1.29 is 8.81 Å². The largest absolute Gasteiger partial charge is 0.455 e. The fraction of sp³-hybridized carbons (Fsp3) is 0.0182. The third-order valence-electron chi connectivity index (χ3n) is 11.5. The lowest BCUT2D eigenvalue weighted by Gasteiger charge is -2.26. The van der Waals surface area contributed by atoms with Crippen molar-refractivity contribution in [2.24, 2.45) is 0 Å². The zero-order valence-electron chi connectivity index (χ0n) is 32.3. The second-order valence-electron chi connectivity index (χ2n) is 15.2. The van der Waals surface area contributed by atoms with Gasteiger partial charge in [0, 0.05) is 49.9 Å². The molecule has 0 aliphatic rings. The van der Waals surface area contributed by atoms with Crippen LogP contribution in [0, 0.1) is 12.7 Å². The highest BCUT2D eigenvalue weighted by Gasteiger charge is 2.18. The highest BCUT2D eigenvalue weighted by Crippen LogP contribution is 2.41. The van der Waals surface area contributed by atoms with E-state index in [1.165, 1.54) is 17.2 Å². The van der Waals surface area contributed by atoms with Gasteiger partial charge in [-0.05, 0) is 114 Å². The molecular formula is C55H37FN2O. The summed E-state index contributed by atoms with van der Waals surface area (Å²) in [6, 6.07) is 71.4. The average Bonchev–Trinajstić information content (AvgIpc) is 3.83. The van der Waals surface area contributed by atoms with Gasteiger partial charge in [-0.25, -0.2) is 4.39 Å². The van der Waals surface area contributed by atoms with E-state index >= 15 is 0 Å². The van der Waals surface area contributed by atoms with Crippen molar-refractivity contribution in [3.8, 4) is 39.1 Å². The highest BCUT2D eigenvalue weighted by molar-refractivity contribution is 6.10. The molecule has 280 valence electrons. The lowest BCUT2D eigenvalue weighted by molar-refractivity contribution is 0.629. The van der Waals surface area contributed by atoms with E-state index in [2.05, 4.69) is 180 Å². The molecular weight excluding hydrogens is 724 g/mol. The summed E-state index contributed by atoms with van der Waals surface area (Å²) in [4.78, 5) is 2.32. The van der Waals surface area contributed by atoms with E-state index in [-0.39, 0.29) is 5.82 Å². The zero-order valence-corrected chi connectivity index (χ0v) is 32.3. The van der Waals surface area contributed by atoms with Gasteiger partial charge in [0.15, 0.2) is 0 Å². The summed E-state index contributed by atoms with van der Waals surface area (Å²) in [6.07, 6.45) is 0. The first-order valence-electron chi connectivity index (χ1n) is 19.9. The van der Waals surface area contributed by atoms with E-state index in [0.29, 0.717) is 0 Å². The molecule has 0 atom stereocenters. The molecule has 3 nitrogen and oxygen atoms in total. The number of hydrogen-bond donors (Lipinski definition) is 0. The third kappa shape index (κ3) is 6.05. The van der Waals surface area contributed by atoms with Gasteiger partial charge in [-0.3, -0.25) is 0 Å². The molecule has 0 aliphatic carbocycles. The molecule has 2 aromatic heterocycles. The van der Waals surface area contributed by atoms with Crippen molar-refractivity contribution in [1.82, 2.24) is 4.57 Å². The molecule has 0 N–H and O–H groups in total. The van der Waals surface area contributed by atoms with Crippen molar-refractivity contribution in [1.29, 1.82) is 0 Å². The predicted molar refractivity (Wildman–Crippen MR) is 244 cm³/mol. The molecule has 0 fully saturated rings. The Hall–Kier alpha value is -7.69. The minimum Gasteiger partial charge on any atom is -0.455 e. The van der Waals surface area contributed by atoms with Gasteiger partial charge in [0.25, 0.3) is 0 Å². The van der Waals surface area contributed by atoms with E-state index in [9.17, 15) is 4.39 Å². The van der Waals surface area contributed by atoms with Gasteiger partial charge in [-0.2, -0.15) is 0 Å². The maximum absolute atomic E-state index is 14.6. The molecule has 0 radical (unpaired) electrons. The molecule has 2 heterocycles. The van der Waals surface area contributed by atoms with Crippen LogP contribution in [0.2, 0.25) is 0 Å². The Morgan fingerprint density at radius 1 is 0.424 bits per heavy atom. The summed E-state index contributed by atoms with van der Waals surface area (Å²) in [6.45, 7) is 2.13. The van der Waals surface area contributed by atoms with Crippen LogP contribution in [0.3, 0.4) is 0 Å². The van der Waals surface area contributed by atoms with Crippen LogP contribution < -0.4 is 4.90 Å². The van der Waals surface area contributed by atoms with Crippen LogP contribution >= 0.6 is 0 Å². The minimum absolute atomic E-state index is 0.250. The number of para-hydroxylation sites is 3. The monoisotopic (exact) mass is 760 g/mol. The number of halogens is 1. The van der Waals surface area contributed by atoms with E-state index in [1.54, 1.807) is 6.07 Å². The van der Waals surface area contributed by atoms with Gasteiger partial charge >= 0.3 is 0 Å². The van der Waals surface area contributed by atoms with Gasteiger partial charge in [0.05, 0.1) is 11.0 Å². The topological polar surface area (TPSA) is 21.3 Å². The normalized spacial score (nSPS) is 11.6. The number of aromatic nitrogens is 1. The molecule has 0 spiro atoms. The average molecular weight is 761 g/mol. The number of furan rings is 1. The van der Waals surface area contributed by atoms with E-state index < -0.39 is 0 Å². The van der Waals surface area contributed by atoms with Crippen LogP contribution in [0.25, 0.3) is 82.8 Å². The van der Waals surface area contributed by atoms with Gasteiger partial charge in [-0.15, -0.1) is 0 Å². The Morgan fingerprint density at radius 3 is 1.85 bits per heavy atom. The van der Waals surface area contributed by atoms with Crippen LogP contribution in [0.4, 0.5) is 21.5 Å². The molecule has 0 unspecified atom stereocenters. The lowest BCUT2D eigenvalue weighted by atomic mass is 10.0. The summed E-state index contributed by atoms with van der Waals surface area (Å²) in [7, 11) is 0. The van der Waals surface area contributed by atoms with E-state index in [1.807, 2.05) is 30.3 Å². The predicted octanol–water partition coefficient (Wildman–Crippen LogP) is 15.6. The molecule has 0 aliphatic heterocycles. The maximum Gasteiger partial charge on any atom is 0.143 e. The zero-order chi connectivity index (χ0) is 39.5. The fourth-order valence-corrected chi connectivity index (χ4v) is 8.71. The minimum atomic E-state index is -0.250. The molecule has 4 heteroatoms. The standard InChI is InChI=1S/C55H37FN2O/c1-36-10-6-11-39(32-36)41-13-8-14-45(34-41)57(44-29-24-38(25-30-44)47-18-9-19-51-50-17-3-5-21-54(50)59-55(47)51)43-27-22-37(23-28-43)40-12-7-15-46(33-40)58-52-20-4-2-16-48(52)49-31-26-42(56)35-53(49)58/h2-35H,1H3. The van der Waals surface area contributed by atoms with Crippen molar-refractivity contribution in [3.63, 3.8) is 0 Å². The SMILES string of the molecule is Cc1cccc(-c2cccc(N(c3ccc(-c4cccc(-n5c6ccccc6c6ccc(F)cc65)c4)cc3)c3ccc(-c4cccc5c4oc4ccccc45)cc3)c2)c1. The Bertz CT molecular complexity index is 3360. The van der Waals surface area contributed by atoms with Gasteiger partial charge in [0.2, 0.25) is 0 Å². The van der Waals surface area contributed by atoms with Crippen molar-refractivity contribution >= 4 is 60.8 Å². The number of fused-ring (bicyclic) bond motifs is 6. The first-order valence-corrected chi connectivity index (χ1v) is 19.9. The summed E-state index contributed by atoms with van der Waals surface area (Å²) in [5.41, 5.74) is 15.7. The molecule has 0 saturated carbocycles. The molecule has 11 rings (SSSR count). The van der Waals surface area contributed by atoms with Crippen LogP contribution in [0.15, 0.2) is 211 Å². The van der Waals surface area contributed by atoms with Gasteiger partial charge in [0.1, 0.15) is 17.0 Å². The number of hydrogen-bond acceptors (Lipinski definition) is 2. The molecule has 11 aromatic rings. The van der Waals surface area contributed by atoms with E-state index in [4.69, 9.17) is 4.42 Å². The Kier molecular flexibility index (Phi) is 8.23. The third-order valence-corrected chi connectivity index (χ3v) is 11.5. The second kappa shape index (κ2) is 14.0. The van der Waals surface area contributed by atoms with Crippen molar-refractivity contribution in [3.05, 3.63) is 218 Å². The van der Waals surface area contributed by atoms with Gasteiger partial charge in [-0.1, -0.05) is 133 Å². The molecule has 59 heavy (non-hydrogen) atoms. The van der Waals surface area contributed by atoms with Crippen LogP contribution in [-0.2, 0) is 0 Å². The number of benzene rings is 9. The van der Waals surface area contributed by atoms with Crippen molar-refractivity contribution in [2.75, 3.05) is 4.90 Å². The number of anilines is 3. The molecule has 9 aromatic carbocycles. The summed E-state index contributed by atoms with van der Waals surface area (Å²) >= 11 is 0. The Morgan fingerprint density at radius 2 is 1.05 bits per heavy atom. The first kappa shape index (κ1) is 34.5. The second-order valence-corrected chi connectivity index (χ2v) is 15.2. The molecule has 0 saturated heterocycles. The van der Waals surface area contributed by atoms with Crippen LogP contribution in [0.5, 0.6) is 0 Å². The maximum atomic E-state index is 14.6. The van der Waals surface area contributed by atoms with E-state index in [0.717, 1.165) is 94.3 Å².